The lowest BCUT2D eigenvalue weighted by atomic mass is 10.1. The lowest BCUT2D eigenvalue weighted by molar-refractivity contribution is 0.535. The number of halogens is 2. The summed E-state index contributed by atoms with van der Waals surface area (Å²) >= 11 is 0. The van der Waals surface area contributed by atoms with Gasteiger partial charge in [-0.05, 0) is 36.8 Å². The fourth-order valence-corrected chi connectivity index (χ4v) is 1.69. The van der Waals surface area contributed by atoms with Gasteiger partial charge in [0.1, 0.15) is 11.6 Å². The predicted molar refractivity (Wildman–Crippen MR) is 65.8 cm³/mol. The topological polar surface area (TPSA) is 24.9 Å². The van der Waals surface area contributed by atoms with Crippen LogP contribution in [0.15, 0.2) is 42.7 Å². The average molecular weight is 248 g/mol. The summed E-state index contributed by atoms with van der Waals surface area (Å²) in [6.45, 7) is 2.23. The second-order valence-corrected chi connectivity index (χ2v) is 4.12. The number of rotatable bonds is 4. The first-order valence-corrected chi connectivity index (χ1v) is 5.74. The number of aromatic nitrogens is 1. The lowest BCUT2D eigenvalue weighted by Crippen LogP contribution is -2.19. The third-order valence-corrected chi connectivity index (χ3v) is 2.79. The molecule has 2 rings (SSSR count). The molecule has 0 aliphatic heterocycles. The molecule has 1 heterocycles. The van der Waals surface area contributed by atoms with Gasteiger partial charge in [-0.1, -0.05) is 6.07 Å². The summed E-state index contributed by atoms with van der Waals surface area (Å²) in [6.07, 6.45) is 3.45. The highest BCUT2D eigenvalue weighted by molar-refractivity contribution is 5.19. The third kappa shape index (κ3) is 3.11. The minimum Gasteiger partial charge on any atom is -0.306 e. The first-order valence-electron chi connectivity index (χ1n) is 5.74. The van der Waals surface area contributed by atoms with Crippen molar-refractivity contribution in [2.45, 2.75) is 19.5 Å². The molecule has 0 saturated carbocycles. The lowest BCUT2D eigenvalue weighted by Gasteiger charge is -2.14. The standard InChI is InChI=1S/C14H14F2N2/c1-10(11-3-2-6-17-8-11)18-9-12-7-13(15)4-5-14(12)16/h2-8,10,18H,9H2,1H3. The minimum absolute atomic E-state index is 0.0290. The van der Waals surface area contributed by atoms with Gasteiger partial charge in [-0.3, -0.25) is 4.98 Å². The van der Waals surface area contributed by atoms with Crippen LogP contribution in [-0.4, -0.2) is 4.98 Å². The van der Waals surface area contributed by atoms with Gasteiger partial charge in [0.05, 0.1) is 0 Å². The molecule has 0 fully saturated rings. The van der Waals surface area contributed by atoms with E-state index in [2.05, 4.69) is 10.3 Å². The Morgan fingerprint density at radius 2 is 2.11 bits per heavy atom. The Morgan fingerprint density at radius 3 is 2.83 bits per heavy atom. The van der Waals surface area contributed by atoms with Crippen molar-refractivity contribution in [1.82, 2.24) is 10.3 Å². The Hall–Kier alpha value is -1.81. The molecule has 0 radical (unpaired) electrons. The van der Waals surface area contributed by atoms with Gasteiger partial charge >= 0.3 is 0 Å². The van der Waals surface area contributed by atoms with Crippen LogP contribution in [0.25, 0.3) is 0 Å². The molecule has 0 bridgehead atoms. The van der Waals surface area contributed by atoms with Gasteiger partial charge in [-0.25, -0.2) is 8.78 Å². The van der Waals surface area contributed by atoms with Crippen LogP contribution in [0, 0.1) is 11.6 Å². The molecule has 0 aliphatic rings. The normalized spacial score (nSPS) is 12.4. The third-order valence-electron chi connectivity index (χ3n) is 2.79. The zero-order valence-corrected chi connectivity index (χ0v) is 10.0. The largest absolute Gasteiger partial charge is 0.306 e. The van der Waals surface area contributed by atoms with Crippen molar-refractivity contribution < 1.29 is 8.78 Å². The molecule has 94 valence electrons. The molecule has 2 aromatic rings. The SMILES string of the molecule is CC(NCc1cc(F)ccc1F)c1cccnc1. The summed E-state index contributed by atoms with van der Waals surface area (Å²) in [5.74, 6) is -0.829. The Morgan fingerprint density at radius 1 is 1.28 bits per heavy atom. The van der Waals surface area contributed by atoms with Gasteiger partial charge in [0, 0.05) is 30.5 Å². The average Bonchev–Trinajstić information content (AvgIpc) is 2.40. The number of pyridine rings is 1. The molecule has 0 saturated heterocycles. The van der Waals surface area contributed by atoms with Crippen LogP contribution in [0.2, 0.25) is 0 Å². The van der Waals surface area contributed by atoms with Gasteiger partial charge in [-0.2, -0.15) is 0 Å². The highest BCUT2D eigenvalue weighted by atomic mass is 19.1. The van der Waals surface area contributed by atoms with Crippen molar-refractivity contribution in [3.8, 4) is 0 Å². The fraction of sp³-hybridized carbons (Fsp3) is 0.214. The molecule has 1 aromatic heterocycles. The Labute approximate surface area is 105 Å². The number of hydrogen-bond donors (Lipinski definition) is 1. The van der Waals surface area contributed by atoms with Crippen LogP contribution in [-0.2, 0) is 6.54 Å². The molecule has 0 aliphatic carbocycles. The number of nitrogens with zero attached hydrogens (tertiary/aromatic N) is 1. The molecule has 4 heteroatoms. The van der Waals surface area contributed by atoms with Crippen molar-refractivity contribution in [3.63, 3.8) is 0 Å². The molecule has 18 heavy (non-hydrogen) atoms. The fourth-order valence-electron chi connectivity index (χ4n) is 1.69. The van der Waals surface area contributed by atoms with Gasteiger partial charge in [0.15, 0.2) is 0 Å². The Balaban J connectivity index is 2.01. The van der Waals surface area contributed by atoms with E-state index in [9.17, 15) is 8.78 Å². The molecule has 0 spiro atoms. The van der Waals surface area contributed by atoms with Gasteiger partial charge in [0.25, 0.3) is 0 Å². The van der Waals surface area contributed by atoms with Crippen molar-refractivity contribution in [1.29, 1.82) is 0 Å². The number of benzene rings is 1. The van der Waals surface area contributed by atoms with E-state index in [1.807, 2.05) is 19.1 Å². The molecule has 1 atom stereocenters. The van der Waals surface area contributed by atoms with Gasteiger partial charge < -0.3 is 5.32 Å². The van der Waals surface area contributed by atoms with Crippen molar-refractivity contribution in [3.05, 3.63) is 65.5 Å². The van der Waals surface area contributed by atoms with Crippen LogP contribution >= 0.6 is 0 Å². The summed E-state index contributed by atoms with van der Waals surface area (Å²) in [5, 5.41) is 3.14. The van der Waals surface area contributed by atoms with E-state index in [4.69, 9.17) is 0 Å². The molecule has 2 nitrogen and oxygen atoms in total. The summed E-state index contributed by atoms with van der Waals surface area (Å²) < 4.78 is 26.4. The molecule has 1 unspecified atom stereocenters. The summed E-state index contributed by atoms with van der Waals surface area (Å²) in [4.78, 5) is 4.02. The first kappa shape index (κ1) is 12.6. The minimum atomic E-state index is -0.428. The highest BCUT2D eigenvalue weighted by Gasteiger charge is 2.07. The van der Waals surface area contributed by atoms with Crippen LogP contribution in [0.4, 0.5) is 8.78 Å². The smallest absolute Gasteiger partial charge is 0.127 e. The quantitative estimate of drug-likeness (QED) is 0.898. The van der Waals surface area contributed by atoms with Crippen LogP contribution in [0.1, 0.15) is 24.1 Å². The number of nitrogens with one attached hydrogen (secondary N) is 1. The van der Waals surface area contributed by atoms with E-state index in [-0.39, 0.29) is 12.6 Å². The molecular formula is C14H14F2N2. The maximum atomic E-state index is 13.4. The highest BCUT2D eigenvalue weighted by Crippen LogP contribution is 2.13. The molecule has 0 amide bonds. The van der Waals surface area contributed by atoms with Crippen molar-refractivity contribution in [2.75, 3.05) is 0 Å². The zero-order valence-electron chi connectivity index (χ0n) is 10.0. The first-order chi connectivity index (χ1) is 8.66. The summed E-state index contributed by atoms with van der Waals surface area (Å²) in [5.41, 5.74) is 1.33. The van der Waals surface area contributed by atoms with E-state index < -0.39 is 11.6 Å². The summed E-state index contributed by atoms with van der Waals surface area (Å²) in [7, 11) is 0. The van der Waals surface area contributed by atoms with E-state index in [0.717, 1.165) is 17.7 Å². The Kier molecular flexibility index (Phi) is 3.99. The summed E-state index contributed by atoms with van der Waals surface area (Å²) in [6, 6.07) is 7.27. The van der Waals surface area contributed by atoms with Crippen molar-refractivity contribution in [2.24, 2.45) is 0 Å². The van der Waals surface area contributed by atoms with E-state index >= 15 is 0 Å². The predicted octanol–water partition coefficient (Wildman–Crippen LogP) is 3.21. The van der Waals surface area contributed by atoms with Crippen LogP contribution < -0.4 is 5.32 Å². The maximum Gasteiger partial charge on any atom is 0.127 e. The van der Waals surface area contributed by atoms with Crippen LogP contribution in [0.5, 0.6) is 0 Å². The monoisotopic (exact) mass is 248 g/mol. The number of hydrogen-bond acceptors (Lipinski definition) is 2. The van der Waals surface area contributed by atoms with E-state index in [1.165, 1.54) is 6.07 Å². The van der Waals surface area contributed by atoms with E-state index in [0.29, 0.717) is 5.56 Å². The molecular weight excluding hydrogens is 234 g/mol. The maximum absolute atomic E-state index is 13.4. The van der Waals surface area contributed by atoms with Crippen molar-refractivity contribution >= 4 is 0 Å². The second-order valence-electron chi connectivity index (χ2n) is 4.12. The second kappa shape index (κ2) is 5.69. The van der Waals surface area contributed by atoms with E-state index in [1.54, 1.807) is 12.4 Å². The Bertz CT molecular complexity index is 514. The van der Waals surface area contributed by atoms with Gasteiger partial charge in [-0.15, -0.1) is 0 Å². The van der Waals surface area contributed by atoms with Crippen LogP contribution in [0.3, 0.4) is 0 Å². The van der Waals surface area contributed by atoms with Gasteiger partial charge in [0.2, 0.25) is 0 Å². The molecule has 1 aromatic carbocycles. The molecule has 1 N–H and O–H groups in total. The zero-order chi connectivity index (χ0) is 13.0.